The molecule has 4 nitrogen and oxygen atoms in total. The van der Waals surface area contributed by atoms with Crippen LogP contribution in [0.2, 0.25) is 0 Å². The SMILES string of the molecule is CCOCc1ccccc1CNC(=NC)NCc1ccc(C)cc1SC.I. The molecular formula is C21H30IN3OS. The van der Waals surface area contributed by atoms with Gasteiger partial charge >= 0.3 is 0 Å². The zero-order valence-corrected chi connectivity index (χ0v) is 19.7. The van der Waals surface area contributed by atoms with Crippen molar-refractivity contribution in [2.45, 2.75) is 38.4 Å². The Bertz CT molecular complexity index is 737. The van der Waals surface area contributed by atoms with E-state index in [4.69, 9.17) is 4.74 Å². The van der Waals surface area contributed by atoms with Crippen molar-refractivity contribution in [3.8, 4) is 0 Å². The lowest BCUT2D eigenvalue weighted by Gasteiger charge is -2.15. The van der Waals surface area contributed by atoms with Gasteiger partial charge in [-0.15, -0.1) is 35.7 Å². The van der Waals surface area contributed by atoms with Crippen LogP contribution in [0.3, 0.4) is 0 Å². The van der Waals surface area contributed by atoms with E-state index in [1.807, 2.05) is 13.0 Å². The molecule has 0 aliphatic rings. The summed E-state index contributed by atoms with van der Waals surface area (Å²) in [6.45, 7) is 6.96. The van der Waals surface area contributed by atoms with Gasteiger partial charge < -0.3 is 15.4 Å². The molecule has 2 N–H and O–H groups in total. The topological polar surface area (TPSA) is 45.6 Å². The standard InChI is InChI=1S/C21H29N3OS.HI/c1-5-25-15-19-9-7-6-8-17(19)13-23-21(22-3)24-14-18-11-10-16(2)12-20(18)26-4;/h6-12H,5,13-15H2,1-4H3,(H2,22,23,24);1H. The lowest BCUT2D eigenvalue weighted by Crippen LogP contribution is -2.36. The molecule has 0 aliphatic heterocycles. The van der Waals surface area contributed by atoms with Gasteiger partial charge in [0.05, 0.1) is 6.61 Å². The predicted octanol–water partition coefficient (Wildman–Crippen LogP) is 4.74. The van der Waals surface area contributed by atoms with Crippen molar-refractivity contribution in [3.05, 3.63) is 64.7 Å². The third-order valence-electron chi connectivity index (χ3n) is 4.14. The number of nitrogens with zero attached hydrogens (tertiary/aromatic N) is 1. The Hall–Kier alpha value is -1.25. The monoisotopic (exact) mass is 499 g/mol. The van der Waals surface area contributed by atoms with Crippen molar-refractivity contribution in [1.29, 1.82) is 0 Å². The van der Waals surface area contributed by atoms with Gasteiger partial charge in [-0.05, 0) is 48.4 Å². The molecule has 2 aromatic rings. The third kappa shape index (κ3) is 7.71. The smallest absolute Gasteiger partial charge is 0.191 e. The first-order chi connectivity index (χ1) is 12.7. The van der Waals surface area contributed by atoms with E-state index in [1.165, 1.54) is 27.1 Å². The fraction of sp³-hybridized carbons (Fsp3) is 0.381. The molecule has 27 heavy (non-hydrogen) atoms. The molecule has 0 heterocycles. The number of halogens is 1. The van der Waals surface area contributed by atoms with Crippen LogP contribution in [-0.2, 0) is 24.4 Å². The molecular weight excluding hydrogens is 469 g/mol. The van der Waals surface area contributed by atoms with Gasteiger partial charge in [-0.1, -0.05) is 36.4 Å². The number of rotatable bonds is 8. The lowest BCUT2D eigenvalue weighted by molar-refractivity contribution is 0.133. The normalized spacial score (nSPS) is 11.0. The van der Waals surface area contributed by atoms with Crippen LogP contribution >= 0.6 is 35.7 Å². The Morgan fingerprint density at radius 3 is 2.33 bits per heavy atom. The summed E-state index contributed by atoms with van der Waals surface area (Å²) in [6.07, 6.45) is 2.11. The summed E-state index contributed by atoms with van der Waals surface area (Å²) in [5.74, 6) is 0.795. The Kier molecular flexibility index (Phi) is 11.5. The highest BCUT2D eigenvalue weighted by atomic mass is 127. The number of guanidine groups is 1. The van der Waals surface area contributed by atoms with E-state index in [1.54, 1.807) is 18.8 Å². The maximum atomic E-state index is 5.56. The van der Waals surface area contributed by atoms with Crippen LogP contribution in [0.4, 0.5) is 0 Å². The van der Waals surface area contributed by atoms with Crippen molar-refractivity contribution >= 4 is 41.7 Å². The molecule has 2 aromatic carbocycles. The van der Waals surface area contributed by atoms with Crippen LogP contribution < -0.4 is 10.6 Å². The number of aliphatic imine (C=N–C) groups is 1. The molecule has 2 rings (SSSR count). The molecule has 0 unspecified atom stereocenters. The van der Waals surface area contributed by atoms with Gasteiger partial charge in [0.15, 0.2) is 5.96 Å². The van der Waals surface area contributed by atoms with Crippen molar-refractivity contribution in [3.63, 3.8) is 0 Å². The minimum Gasteiger partial charge on any atom is -0.377 e. The summed E-state index contributed by atoms with van der Waals surface area (Å²) in [5, 5.41) is 6.81. The average Bonchev–Trinajstić information content (AvgIpc) is 2.67. The highest BCUT2D eigenvalue weighted by Crippen LogP contribution is 2.21. The fourth-order valence-corrected chi connectivity index (χ4v) is 3.37. The zero-order chi connectivity index (χ0) is 18.8. The second kappa shape index (κ2) is 13.0. The Labute approximate surface area is 184 Å². The summed E-state index contributed by atoms with van der Waals surface area (Å²) in [6, 6.07) is 14.9. The molecule has 0 aliphatic carbocycles. The molecule has 0 amide bonds. The molecule has 0 atom stereocenters. The van der Waals surface area contributed by atoms with Crippen LogP contribution in [0.25, 0.3) is 0 Å². The Morgan fingerprint density at radius 2 is 1.70 bits per heavy atom. The van der Waals surface area contributed by atoms with Crippen LogP contribution in [0, 0.1) is 6.92 Å². The van der Waals surface area contributed by atoms with E-state index in [0.717, 1.165) is 19.1 Å². The number of aryl methyl sites for hydroxylation is 1. The van der Waals surface area contributed by atoms with E-state index in [0.29, 0.717) is 13.2 Å². The second-order valence-electron chi connectivity index (χ2n) is 6.00. The first-order valence-electron chi connectivity index (χ1n) is 8.90. The van der Waals surface area contributed by atoms with Gasteiger partial charge in [0.2, 0.25) is 0 Å². The van der Waals surface area contributed by atoms with Gasteiger partial charge in [0.25, 0.3) is 0 Å². The minimum atomic E-state index is 0. The van der Waals surface area contributed by atoms with Crippen molar-refractivity contribution < 1.29 is 4.74 Å². The van der Waals surface area contributed by atoms with Crippen molar-refractivity contribution in [2.75, 3.05) is 19.9 Å². The second-order valence-corrected chi connectivity index (χ2v) is 6.85. The van der Waals surface area contributed by atoms with Crippen LogP contribution in [0.15, 0.2) is 52.4 Å². The number of hydrogen-bond donors (Lipinski definition) is 2. The lowest BCUT2D eigenvalue weighted by atomic mass is 10.1. The summed E-state index contributed by atoms with van der Waals surface area (Å²) in [5.41, 5.74) is 5.00. The average molecular weight is 499 g/mol. The van der Waals surface area contributed by atoms with Gasteiger partial charge in [0.1, 0.15) is 0 Å². The Balaban J connectivity index is 0.00000364. The largest absolute Gasteiger partial charge is 0.377 e. The number of ether oxygens (including phenoxy) is 1. The number of thioether (sulfide) groups is 1. The predicted molar refractivity (Wildman–Crippen MR) is 127 cm³/mol. The van der Waals surface area contributed by atoms with Crippen LogP contribution in [0.1, 0.15) is 29.2 Å². The first kappa shape index (κ1) is 23.8. The zero-order valence-electron chi connectivity index (χ0n) is 16.5. The number of benzene rings is 2. The summed E-state index contributed by atoms with van der Waals surface area (Å²) < 4.78 is 5.56. The van der Waals surface area contributed by atoms with Crippen molar-refractivity contribution in [2.24, 2.45) is 4.99 Å². The maximum absolute atomic E-state index is 5.56. The summed E-state index contributed by atoms with van der Waals surface area (Å²) in [7, 11) is 1.80. The highest BCUT2D eigenvalue weighted by Gasteiger charge is 2.06. The third-order valence-corrected chi connectivity index (χ3v) is 4.96. The van der Waals surface area contributed by atoms with E-state index in [-0.39, 0.29) is 24.0 Å². The number of hydrogen-bond acceptors (Lipinski definition) is 3. The maximum Gasteiger partial charge on any atom is 0.191 e. The molecule has 0 aromatic heterocycles. The van der Waals surface area contributed by atoms with Crippen LogP contribution in [0.5, 0.6) is 0 Å². The molecule has 0 spiro atoms. The molecule has 0 saturated heterocycles. The quantitative estimate of drug-likeness (QED) is 0.239. The van der Waals surface area contributed by atoms with E-state index < -0.39 is 0 Å². The number of nitrogens with one attached hydrogen (secondary N) is 2. The molecule has 6 heteroatoms. The van der Waals surface area contributed by atoms with E-state index in [2.05, 4.69) is 65.2 Å². The molecule has 0 radical (unpaired) electrons. The molecule has 0 bridgehead atoms. The van der Waals surface area contributed by atoms with E-state index >= 15 is 0 Å². The summed E-state index contributed by atoms with van der Waals surface area (Å²) in [4.78, 5) is 5.64. The Morgan fingerprint density at radius 1 is 1.04 bits per heavy atom. The molecule has 0 fully saturated rings. The van der Waals surface area contributed by atoms with Crippen LogP contribution in [-0.4, -0.2) is 25.9 Å². The first-order valence-corrected chi connectivity index (χ1v) is 10.1. The van der Waals surface area contributed by atoms with Crippen molar-refractivity contribution in [1.82, 2.24) is 10.6 Å². The highest BCUT2D eigenvalue weighted by molar-refractivity contribution is 14.0. The molecule has 0 saturated carbocycles. The minimum absolute atomic E-state index is 0. The van der Waals surface area contributed by atoms with Gasteiger partial charge in [-0.3, -0.25) is 4.99 Å². The van der Waals surface area contributed by atoms with Gasteiger partial charge in [-0.25, -0.2) is 0 Å². The van der Waals surface area contributed by atoms with E-state index in [9.17, 15) is 0 Å². The molecule has 148 valence electrons. The summed E-state index contributed by atoms with van der Waals surface area (Å²) >= 11 is 1.77. The van der Waals surface area contributed by atoms with Gasteiger partial charge in [-0.2, -0.15) is 0 Å². The fourth-order valence-electron chi connectivity index (χ4n) is 2.66. The van der Waals surface area contributed by atoms with Gasteiger partial charge in [0, 0.05) is 31.6 Å².